The normalized spacial score (nSPS) is 8.87. The summed E-state index contributed by atoms with van der Waals surface area (Å²) in [5, 5.41) is 10.3. The molecule has 0 aliphatic carbocycles. The Labute approximate surface area is 83.8 Å². The SMILES string of the molecule is NC(=O)C#Cc1cc([N+](=O)[O-])ccc1F. The Morgan fingerprint density at radius 2 is 2.20 bits per heavy atom. The quantitative estimate of drug-likeness (QED) is 0.415. The van der Waals surface area contributed by atoms with Gasteiger partial charge in [0.15, 0.2) is 0 Å². The summed E-state index contributed by atoms with van der Waals surface area (Å²) in [6, 6.07) is 2.85. The van der Waals surface area contributed by atoms with Gasteiger partial charge in [0.2, 0.25) is 0 Å². The number of amides is 1. The number of nitro groups is 1. The van der Waals surface area contributed by atoms with E-state index in [0.717, 1.165) is 18.2 Å². The van der Waals surface area contributed by atoms with Crippen LogP contribution in [-0.4, -0.2) is 10.8 Å². The summed E-state index contributed by atoms with van der Waals surface area (Å²) in [6.45, 7) is 0. The smallest absolute Gasteiger partial charge is 0.293 e. The fourth-order valence-electron chi connectivity index (χ4n) is 0.852. The predicted molar refractivity (Wildman–Crippen MR) is 49.1 cm³/mol. The lowest BCUT2D eigenvalue weighted by molar-refractivity contribution is -0.384. The van der Waals surface area contributed by atoms with E-state index in [1.807, 2.05) is 5.92 Å². The average molecular weight is 208 g/mol. The highest BCUT2D eigenvalue weighted by molar-refractivity contribution is 5.92. The van der Waals surface area contributed by atoms with Crippen LogP contribution >= 0.6 is 0 Å². The summed E-state index contributed by atoms with van der Waals surface area (Å²) in [6.07, 6.45) is 0. The van der Waals surface area contributed by atoms with Crippen LogP contribution in [0.1, 0.15) is 5.56 Å². The second kappa shape index (κ2) is 4.19. The number of halogens is 1. The molecule has 6 heteroatoms. The van der Waals surface area contributed by atoms with Crippen molar-refractivity contribution in [3.8, 4) is 11.8 Å². The number of nitro benzene ring substituents is 1. The van der Waals surface area contributed by atoms with Gasteiger partial charge in [0.1, 0.15) is 5.82 Å². The van der Waals surface area contributed by atoms with E-state index >= 15 is 0 Å². The number of nitrogens with two attached hydrogens (primary N) is 1. The van der Waals surface area contributed by atoms with Crippen LogP contribution in [0.3, 0.4) is 0 Å². The van der Waals surface area contributed by atoms with Crippen LogP contribution in [0.25, 0.3) is 0 Å². The van der Waals surface area contributed by atoms with Crippen molar-refractivity contribution in [2.24, 2.45) is 5.73 Å². The molecule has 76 valence electrons. The highest BCUT2D eigenvalue weighted by atomic mass is 19.1. The molecule has 0 spiro atoms. The second-order valence-corrected chi connectivity index (χ2v) is 2.54. The predicted octanol–water partition coefficient (Wildman–Crippen LogP) is 0.571. The summed E-state index contributed by atoms with van der Waals surface area (Å²) in [5.41, 5.74) is 4.19. The minimum atomic E-state index is -0.930. The molecular weight excluding hydrogens is 203 g/mol. The minimum absolute atomic E-state index is 0.233. The third-order valence-corrected chi connectivity index (χ3v) is 1.48. The first-order chi connectivity index (χ1) is 7.00. The van der Waals surface area contributed by atoms with E-state index in [2.05, 4.69) is 5.92 Å². The number of carbonyl (C=O) groups is 1. The Kier molecular flexibility index (Phi) is 2.98. The molecule has 5 nitrogen and oxygen atoms in total. The van der Waals surface area contributed by atoms with Crippen molar-refractivity contribution in [1.82, 2.24) is 0 Å². The van der Waals surface area contributed by atoms with Gasteiger partial charge in [-0.1, -0.05) is 5.92 Å². The summed E-state index contributed by atoms with van der Waals surface area (Å²) in [7, 11) is 0. The first kappa shape index (κ1) is 10.7. The molecule has 0 saturated heterocycles. The van der Waals surface area contributed by atoms with E-state index in [1.165, 1.54) is 0 Å². The van der Waals surface area contributed by atoms with Crippen LogP contribution in [-0.2, 0) is 4.79 Å². The summed E-state index contributed by atoms with van der Waals surface area (Å²) < 4.78 is 13.0. The fraction of sp³-hybridized carbons (Fsp3) is 0. The van der Waals surface area contributed by atoms with E-state index in [4.69, 9.17) is 5.73 Å². The number of hydrogen-bond acceptors (Lipinski definition) is 3. The van der Waals surface area contributed by atoms with Gasteiger partial charge in [-0.05, 0) is 6.07 Å². The van der Waals surface area contributed by atoms with Crippen molar-refractivity contribution < 1.29 is 14.1 Å². The van der Waals surface area contributed by atoms with Crippen LogP contribution in [0.2, 0.25) is 0 Å². The first-order valence-corrected chi connectivity index (χ1v) is 3.76. The monoisotopic (exact) mass is 208 g/mol. The average Bonchev–Trinajstić information content (AvgIpc) is 2.16. The van der Waals surface area contributed by atoms with Gasteiger partial charge in [-0.3, -0.25) is 14.9 Å². The van der Waals surface area contributed by atoms with Crippen molar-refractivity contribution in [1.29, 1.82) is 0 Å². The highest BCUT2D eigenvalue weighted by Gasteiger charge is 2.08. The maximum Gasteiger partial charge on any atom is 0.293 e. The van der Waals surface area contributed by atoms with E-state index in [-0.39, 0.29) is 11.3 Å². The van der Waals surface area contributed by atoms with Crippen LogP contribution < -0.4 is 5.73 Å². The molecule has 0 heterocycles. The molecule has 0 bridgehead atoms. The van der Waals surface area contributed by atoms with E-state index in [0.29, 0.717) is 0 Å². The third kappa shape index (κ3) is 2.77. The third-order valence-electron chi connectivity index (χ3n) is 1.48. The lowest BCUT2D eigenvalue weighted by Gasteiger charge is -1.94. The van der Waals surface area contributed by atoms with Crippen molar-refractivity contribution in [3.63, 3.8) is 0 Å². The Hall–Kier alpha value is -2.42. The molecule has 15 heavy (non-hydrogen) atoms. The number of hydrogen-bond donors (Lipinski definition) is 1. The zero-order valence-electron chi connectivity index (χ0n) is 7.36. The number of non-ortho nitro benzene ring substituents is 1. The van der Waals surface area contributed by atoms with Crippen molar-refractivity contribution in [2.45, 2.75) is 0 Å². The van der Waals surface area contributed by atoms with Gasteiger partial charge >= 0.3 is 0 Å². The maximum absolute atomic E-state index is 13.0. The molecule has 0 aromatic heterocycles. The molecule has 0 unspecified atom stereocenters. The number of benzene rings is 1. The number of primary amides is 1. The van der Waals surface area contributed by atoms with Gasteiger partial charge in [0, 0.05) is 18.1 Å². The molecule has 1 aromatic rings. The van der Waals surface area contributed by atoms with Crippen LogP contribution in [0.4, 0.5) is 10.1 Å². The van der Waals surface area contributed by atoms with E-state index in [9.17, 15) is 19.3 Å². The van der Waals surface area contributed by atoms with Gasteiger partial charge in [0.25, 0.3) is 11.6 Å². The second-order valence-electron chi connectivity index (χ2n) is 2.54. The fourth-order valence-corrected chi connectivity index (χ4v) is 0.852. The Morgan fingerprint density at radius 3 is 2.73 bits per heavy atom. The van der Waals surface area contributed by atoms with Crippen LogP contribution in [0.5, 0.6) is 0 Å². The Balaban J connectivity index is 3.18. The van der Waals surface area contributed by atoms with Crippen molar-refractivity contribution >= 4 is 11.6 Å². The van der Waals surface area contributed by atoms with E-state index in [1.54, 1.807) is 0 Å². The van der Waals surface area contributed by atoms with Crippen molar-refractivity contribution in [3.05, 3.63) is 39.7 Å². The van der Waals surface area contributed by atoms with Gasteiger partial charge in [-0.2, -0.15) is 0 Å². The highest BCUT2D eigenvalue weighted by Crippen LogP contribution is 2.15. The van der Waals surface area contributed by atoms with Gasteiger partial charge < -0.3 is 5.73 Å². The van der Waals surface area contributed by atoms with Gasteiger partial charge in [-0.25, -0.2) is 4.39 Å². The standard InChI is InChI=1S/C9H5FN2O3/c10-8-3-2-7(12(14)15)5-6(8)1-4-9(11)13/h2-3,5H,(H2,11,13). The number of nitrogens with zero attached hydrogens (tertiary/aromatic N) is 1. The van der Waals surface area contributed by atoms with E-state index < -0.39 is 16.6 Å². The lowest BCUT2D eigenvalue weighted by atomic mass is 10.2. The van der Waals surface area contributed by atoms with Crippen LogP contribution in [0.15, 0.2) is 18.2 Å². The number of carbonyl (C=O) groups excluding carboxylic acids is 1. The Morgan fingerprint density at radius 1 is 1.53 bits per heavy atom. The van der Waals surface area contributed by atoms with Gasteiger partial charge in [-0.15, -0.1) is 0 Å². The maximum atomic E-state index is 13.0. The first-order valence-electron chi connectivity index (χ1n) is 3.76. The summed E-state index contributed by atoms with van der Waals surface area (Å²) in [4.78, 5) is 20.0. The molecule has 0 radical (unpaired) electrons. The topological polar surface area (TPSA) is 86.2 Å². The molecule has 0 aliphatic rings. The zero-order valence-corrected chi connectivity index (χ0v) is 7.36. The molecule has 1 rings (SSSR count). The summed E-state index contributed by atoms with van der Waals surface area (Å²) in [5.74, 6) is 2.33. The lowest BCUT2D eigenvalue weighted by Crippen LogP contribution is -2.06. The summed E-state index contributed by atoms with van der Waals surface area (Å²) >= 11 is 0. The molecular formula is C9H5FN2O3. The van der Waals surface area contributed by atoms with Crippen LogP contribution in [0, 0.1) is 27.8 Å². The molecule has 0 fully saturated rings. The molecule has 0 aliphatic heterocycles. The molecule has 2 N–H and O–H groups in total. The minimum Gasteiger partial charge on any atom is -0.359 e. The van der Waals surface area contributed by atoms with Gasteiger partial charge in [0.05, 0.1) is 10.5 Å². The largest absolute Gasteiger partial charge is 0.359 e. The Bertz CT molecular complexity index is 488. The van der Waals surface area contributed by atoms with Crippen molar-refractivity contribution in [2.75, 3.05) is 0 Å². The molecule has 0 saturated carbocycles. The molecule has 1 amide bonds. The number of rotatable bonds is 1. The molecule has 1 aromatic carbocycles. The zero-order chi connectivity index (χ0) is 11.4. The molecule has 0 atom stereocenters.